The average Bonchev–Trinajstić information content (AvgIpc) is 2.75. The molecule has 0 fully saturated rings. The smallest absolute Gasteiger partial charge is 0.346 e. The minimum atomic E-state index is -0.824. The van der Waals surface area contributed by atoms with Crippen molar-refractivity contribution in [2.75, 3.05) is 29.6 Å². The monoisotopic (exact) mass is 433 g/mol. The minimum absolute atomic E-state index is 0.0939. The van der Waals surface area contributed by atoms with E-state index in [1.165, 1.54) is 0 Å². The summed E-state index contributed by atoms with van der Waals surface area (Å²) in [5.41, 5.74) is 14.3. The van der Waals surface area contributed by atoms with Crippen molar-refractivity contribution in [1.82, 2.24) is 0 Å². The van der Waals surface area contributed by atoms with Crippen LogP contribution >= 0.6 is 24.4 Å². The first-order chi connectivity index (χ1) is 14.0. The molecule has 0 aromatic heterocycles. The van der Waals surface area contributed by atoms with Crippen LogP contribution in [0.3, 0.4) is 0 Å². The molecule has 29 heavy (non-hydrogen) atoms. The molecule has 2 aromatic rings. The van der Waals surface area contributed by atoms with Crippen molar-refractivity contribution in [2.45, 2.75) is 18.5 Å². The Kier molecular flexibility index (Phi) is 9.53. The van der Waals surface area contributed by atoms with Crippen molar-refractivity contribution in [2.24, 2.45) is 11.5 Å². The summed E-state index contributed by atoms with van der Waals surface area (Å²) >= 11 is 5.76. The Morgan fingerprint density at radius 2 is 1.90 bits per heavy atom. The molecule has 6 nitrogen and oxygen atoms in total. The highest BCUT2D eigenvalue weighted by molar-refractivity contribution is 7.98. The number of nitrogens with one attached hydrogen (secondary N) is 1. The molecule has 2 aromatic carbocycles. The lowest BCUT2D eigenvalue weighted by atomic mass is 9.99. The molecule has 8 heteroatoms. The van der Waals surface area contributed by atoms with Crippen LogP contribution < -0.4 is 16.8 Å². The SMILES string of the molecule is CSCC[C@H](N)C(=O)OC(=O)c1ccc(NCC(N)CS)cc1-c1ccccc1. The van der Waals surface area contributed by atoms with Crippen molar-refractivity contribution in [3.05, 3.63) is 54.1 Å². The summed E-state index contributed by atoms with van der Waals surface area (Å²) in [5, 5.41) is 3.24. The third-order valence-electron chi connectivity index (χ3n) is 4.26. The van der Waals surface area contributed by atoms with Crippen LogP contribution in [0.5, 0.6) is 0 Å². The summed E-state index contributed by atoms with van der Waals surface area (Å²) in [6, 6.07) is 13.8. The maximum atomic E-state index is 12.7. The third kappa shape index (κ3) is 7.08. The molecule has 5 N–H and O–H groups in total. The Bertz CT molecular complexity index is 818. The highest BCUT2D eigenvalue weighted by Crippen LogP contribution is 2.28. The van der Waals surface area contributed by atoms with Gasteiger partial charge in [-0.15, -0.1) is 0 Å². The van der Waals surface area contributed by atoms with Gasteiger partial charge in [0.1, 0.15) is 6.04 Å². The van der Waals surface area contributed by atoms with Crippen LogP contribution in [0.25, 0.3) is 11.1 Å². The van der Waals surface area contributed by atoms with Crippen LogP contribution in [0, 0.1) is 0 Å². The first-order valence-electron chi connectivity index (χ1n) is 9.26. The maximum absolute atomic E-state index is 12.7. The number of esters is 2. The molecule has 0 aliphatic rings. The van der Waals surface area contributed by atoms with Gasteiger partial charge in [0.2, 0.25) is 0 Å². The third-order valence-corrected chi connectivity index (χ3v) is 5.37. The summed E-state index contributed by atoms with van der Waals surface area (Å²) in [4.78, 5) is 24.8. The summed E-state index contributed by atoms with van der Waals surface area (Å²) in [6.07, 6.45) is 2.38. The number of rotatable bonds is 10. The first-order valence-corrected chi connectivity index (χ1v) is 11.3. The van der Waals surface area contributed by atoms with E-state index in [0.717, 1.165) is 11.3 Å². The first kappa shape index (κ1) is 23.3. The van der Waals surface area contributed by atoms with E-state index >= 15 is 0 Å². The Balaban J connectivity index is 2.25. The molecule has 0 aliphatic carbocycles. The van der Waals surface area contributed by atoms with Crippen molar-refractivity contribution >= 4 is 42.0 Å². The second-order valence-electron chi connectivity index (χ2n) is 6.55. The molecule has 0 saturated heterocycles. The van der Waals surface area contributed by atoms with E-state index in [-0.39, 0.29) is 6.04 Å². The Labute approximate surface area is 181 Å². The second kappa shape index (κ2) is 11.9. The molecule has 0 spiro atoms. The number of ether oxygens (including phenoxy) is 1. The van der Waals surface area contributed by atoms with Gasteiger partial charge in [-0.05, 0) is 47.8 Å². The maximum Gasteiger partial charge on any atom is 0.346 e. The number of hydrogen-bond acceptors (Lipinski definition) is 8. The van der Waals surface area contributed by atoms with E-state index in [2.05, 4.69) is 17.9 Å². The Hall–Kier alpha value is -2.00. The van der Waals surface area contributed by atoms with Crippen molar-refractivity contribution in [1.29, 1.82) is 0 Å². The number of carbonyl (C=O) groups excluding carboxylic acids is 2. The molecule has 1 unspecified atom stereocenters. The van der Waals surface area contributed by atoms with Gasteiger partial charge in [-0.1, -0.05) is 30.3 Å². The van der Waals surface area contributed by atoms with Crippen LogP contribution in [0.2, 0.25) is 0 Å². The van der Waals surface area contributed by atoms with Gasteiger partial charge in [-0.2, -0.15) is 24.4 Å². The van der Waals surface area contributed by atoms with Gasteiger partial charge in [-0.25, -0.2) is 9.59 Å². The zero-order chi connectivity index (χ0) is 21.2. The number of nitrogens with two attached hydrogens (primary N) is 2. The van der Waals surface area contributed by atoms with E-state index < -0.39 is 18.0 Å². The topological polar surface area (TPSA) is 107 Å². The fourth-order valence-corrected chi connectivity index (χ4v) is 3.21. The zero-order valence-corrected chi connectivity index (χ0v) is 18.0. The van der Waals surface area contributed by atoms with Crippen molar-refractivity contribution in [3.8, 4) is 11.1 Å². The van der Waals surface area contributed by atoms with E-state index in [9.17, 15) is 9.59 Å². The average molecular weight is 434 g/mol. The summed E-state index contributed by atoms with van der Waals surface area (Å²) < 4.78 is 5.05. The van der Waals surface area contributed by atoms with Gasteiger partial charge in [0.15, 0.2) is 0 Å². The molecular formula is C21H27N3O3S2. The van der Waals surface area contributed by atoms with E-state index in [4.69, 9.17) is 16.2 Å². The van der Waals surface area contributed by atoms with Gasteiger partial charge in [0.05, 0.1) is 5.56 Å². The normalized spacial score (nSPS) is 12.8. The molecular weight excluding hydrogens is 406 g/mol. The van der Waals surface area contributed by atoms with E-state index in [1.54, 1.807) is 23.9 Å². The summed E-state index contributed by atoms with van der Waals surface area (Å²) in [6.45, 7) is 0.546. The number of hydrogen-bond donors (Lipinski definition) is 4. The van der Waals surface area contributed by atoms with E-state index in [1.807, 2.05) is 42.7 Å². The van der Waals surface area contributed by atoms with Gasteiger partial charge in [0.25, 0.3) is 0 Å². The standard InChI is InChI=1S/C21H27N3O3S2/c1-29-10-9-19(23)21(26)27-20(25)17-8-7-16(24-12-15(22)13-28)11-18(17)14-5-3-2-4-6-14/h2-8,11,15,19,24,28H,9-10,12-13,22-23H2,1H3/t15?,19-/m0/s1. The highest BCUT2D eigenvalue weighted by atomic mass is 32.2. The quantitative estimate of drug-likeness (QED) is 0.259. The van der Waals surface area contributed by atoms with Crippen LogP contribution in [0.4, 0.5) is 5.69 Å². The second-order valence-corrected chi connectivity index (χ2v) is 7.90. The van der Waals surface area contributed by atoms with Crippen molar-refractivity contribution in [3.63, 3.8) is 0 Å². The van der Waals surface area contributed by atoms with Crippen LogP contribution in [-0.4, -0.2) is 48.3 Å². The molecule has 0 saturated carbocycles. The van der Waals surface area contributed by atoms with Gasteiger partial charge in [0, 0.05) is 24.0 Å². The predicted octanol–water partition coefficient (Wildman–Crippen LogP) is 2.79. The van der Waals surface area contributed by atoms with Gasteiger partial charge < -0.3 is 21.5 Å². The molecule has 0 aliphatic heterocycles. The molecule has 0 heterocycles. The molecule has 2 rings (SSSR count). The van der Waals surface area contributed by atoms with Crippen LogP contribution in [-0.2, 0) is 9.53 Å². The number of thioether (sulfide) groups is 1. The Morgan fingerprint density at radius 3 is 2.55 bits per heavy atom. The molecule has 0 bridgehead atoms. The summed E-state index contributed by atoms with van der Waals surface area (Å²) in [5.74, 6) is -0.159. The molecule has 0 radical (unpaired) electrons. The predicted molar refractivity (Wildman–Crippen MR) is 124 cm³/mol. The largest absolute Gasteiger partial charge is 0.388 e. The van der Waals surface area contributed by atoms with Gasteiger partial charge in [-0.3, -0.25) is 0 Å². The van der Waals surface area contributed by atoms with Crippen molar-refractivity contribution < 1.29 is 14.3 Å². The molecule has 0 amide bonds. The molecule has 156 valence electrons. The summed E-state index contributed by atoms with van der Waals surface area (Å²) in [7, 11) is 0. The zero-order valence-electron chi connectivity index (χ0n) is 16.3. The lowest BCUT2D eigenvalue weighted by Crippen LogP contribution is -2.34. The number of thiol groups is 1. The highest BCUT2D eigenvalue weighted by Gasteiger charge is 2.22. The fraction of sp³-hybridized carbons (Fsp3) is 0.333. The van der Waals surface area contributed by atoms with Gasteiger partial charge >= 0.3 is 11.9 Å². The van der Waals surface area contributed by atoms with Crippen LogP contribution in [0.15, 0.2) is 48.5 Å². The number of carbonyl (C=O) groups is 2. The van der Waals surface area contributed by atoms with Crippen LogP contribution in [0.1, 0.15) is 16.8 Å². The van der Waals surface area contributed by atoms with E-state index in [0.29, 0.717) is 35.6 Å². The lowest BCUT2D eigenvalue weighted by Gasteiger charge is -2.15. The molecule has 2 atom stereocenters. The lowest BCUT2D eigenvalue weighted by molar-refractivity contribution is -0.139. The minimum Gasteiger partial charge on any atom is -0.388 e. The number of benzene rings is 2. The Morgan fingerprint density at radius 1 is 1.17 bits per heavy atom. The number of anilines is 1. The fourth-order valence-electron chi connectivity index (χ4n) is 2.59.